The van der Waals surface area contributed by atoms with Gasteiger partial charge in [-0.15, -0.1) is 6.58 Å². The van der Waals surface area contributed by atoms with Crippen LogP contribution < -0.4 is 0 Å². The van der Waals surface area contributed by atoms with Gasteiger partial charge in [-0.3, -0.25) is 4.90 Å². The van der Waals surface area contributed by atoms with E-state index in [2.05, 4.69) is 37.4 Å². The van der Waals surface area contributed by atoms with Gasteiger partial charge in [-0.1, -0.05) is 6.08 Å². The Morgan fingerprint density at radius 1 is 1.27 bits per heavy atom. The van der Waals surface area contributed by atoms with Crippen LogP contribution in [0.5, 0.6) is 0 Å². The van der Waals surface area contributed by atoms with Crippen LogP contribution >= 0.6 is 0 Å². The summed E-state index contributed by atoms with van der Waals surface area (Å²) in [5.74, 6) is 0. The van der Waals surface area contributed by atoms with Crippen molar-refractivity contribution in [1.82, 2.24) is 9.80 Å². The highest BCUT2D eigenvalue weighted by molar-refractivity contribution is 4.93. The Balaban J connectivity index is 2.54. The van der Waals surface area contributed by atoms with E-state index >= 15 is 0 Å². The molecule has 0 radical (unpaired) electrons. The number of nitrogens with zero attached hydrogens (tertiary/aromatic N) is 2. The molecule has 2 heteroatoms. The summed E-state index contributed by atoms with van der Waals surface area (Å²) >= 11 is 0. The molecule has 0 aromatic heterocycles. The molecule has 0 spiro atoms. The van der Waals surface area contributed by atoms with Gasteiger partial charge in [0.1, 0.15) is 0 Å². The van der Waals surface area contributed by atoms with E-state index in [1.54, 1.807) is 0 Å². The van der Waals surface area contributed by atoms with Crippen LogP contribution in [0.2, 0.25) is 0 Å². The maximum Gasteiger partial charge on any atom is 0.0400 e. The van der Waals surface area contributed by atoms with E-state index in [0.29, 0.717) is 12.1 Å². The number of hydrogen-bond acceptors (Lipinski definition) is 2. The van der Waals surface area contributed by atoms with Gasteiger partial charge < -0.3 is 4.90 Å². The lowest BCUT2D eigenvalue weighted by atomic mass is 10.1. The first-order valence-electron chi connectivity index (χ1n) is 4.18. The molecule has 11 heavy (non-hydrogen) atoms. The third-order valence-corrected chi connectivity index (χ3v) is 2.62. The highest BCUT2D eigenvalue weighted by atomic mass is 15.3. The molecule has 0 unspecified atom stereocenters. The molecule has 2 nitrogen and oxygen atoms in total. The molecule has 0 saturated carbocycles. The normalized spacial score (nSPS) is 35.5. The van der Waals surface area contributed by atoms with Gasteiger partial charge in [0.25, 0.3) is 0 Å². The summed E-state index contributed by atoms with van der Waals surface area (Å²) in [6.07, 6.45) is 2.03. The Bertz CT molecular complexity index is 144. The largest absolute Gasteiger partial charge is 0.301 e. The van der Waals surface area contributed by atoms with E-state index in [1.165, 1.54) is 0 Å². The molecule has 1 saturated heterocycles. The van der Waals surface area contributed by atoms with Crippen LogP contribution in [-0.4, -0.2) is 49.1 Å². The van der Waals surface area contributed by atoms with Gasteiger partial charge in [0.15, 0.2) is 0 Å². The Labute approximate surface area is 69.5 Å². The molecule has 1 heterocycles. The van der Waals surface area contributed by atoms with Crippen LogP contribution in [0.3, 0.4) is 0 Å². The molecular weight excluding hydrogens is 136 g/mol. The van der Waals surface area contributed by atoms with Crippen molar-refractivity contribution in [3.05, 3.63) is 12.7 Å². The van der Waals surface area contributed by atoms with E-state index < -0.39 is 0 Å². The third kappa shape index (κ3) is 1.82. The summed E-state index contributed by atoms with van der Waals surface area (Å²) in [6, 6.07) is 1.22. The highest BCUT2D eigenvalue weighted by Gasteiger charge is 2.24. The van der Waals surface area contributed by atoms with Gasteiger partial charge in [0, 0.05) is 25.2 Å². The zero-order valence-electron chi connectivity index (χ0n) is 7.75. The molecule has 0 aromatic rings. The molecule has 0 N–H and O–H groups in total. The fourth-order valence-corrected chi connectivity index (χ4v) is 1.56. The average Bonchev–Trinajstić information content (AvgIpc) is 1.97. The molecule has 1 fully saturated rings. The molecule has 1 aliphatic rings. The molecule has 1 aliphatic heterocycles. The molecule has 0 amide bonds. The van der Waals surface area contributed by atoms with Crippen molar-refractivity contribution in [2.45, 2.75) is 19.0 Å². The summed E-state index contributed by atoms with van der Waals surface area (Å²) < 4.78 is 0. The van der Waals surface area contributed by atoms with E-state index in [0.717, 1.165) is 13.1 Å². The number of rotatable bonds is 1. The average molecular weight is 154 g/mol. The van der Waals surface area contributed by atoms with Crippen molar-refractivity contribution < 1.29 is 0 Å². The minimum atomic E-state index is 0.538. The van der Waals surface area contributed by atoms with Crippen molar-refractivity contribution in [3.8, 4) is 0 Å². The van der Waals surface area contributed by atoms with E-state index in [4.69, 9.17) is 0 Å². The molecule has 0 aliphatic carbocycles. The monoisotopic (exact) mass is 154 g/mol. The first kappa shape index (κ1) is 8.75. The van der Waals surface area contributed by atoms with Gasteiger partial charge >= 0.3 is 0 Å². The van der Waals surface area contributed by atoms with Crippen LogP contribution in [0.15, 0.2) is 12.7 Å². The highest BCUT2D eigenvalue weighted by Crippen LogP contribution is 2.11. The lowest BCUT2D eigenvalue weighted by Gasteiger charge is -2.40. The van der Waals surface area contributed by atoms with Crippen molar-refractivity contribution in [3.63, 3.8) is 0 Å². The number of piperazine rings is 1. The van der Waals surface area contributed by atoms with E-state index in [1.807, 2.05) is 6.08 Å². The van der Waals surface area contributed by atoms with Crippen LogP contribution in [0.1, 0.15) is 6.92 Å². The molecular formula is C9H18N2. The van der Waals surface area contributed by atoms with Crippen LogP contribution in [0.4, 0.5) is 0 Å². The Hall–Kier alpha value is -0.340. The lowest BCUT2D eigenvalue weighted by Crippen LogP contribution is -2.53. The summed E-state index contributed by atoms with van der Waals surface area (Å²) in [4.78, 5) is 4.74. The Morgan fingerprint density at radius 3 is 2.45 bits per heavy atom. The molecule has 0 aromatic carbocycles. The van der Waals surface area contributed by atoms with E-state index in [-0.39, 0.29) is 0 Å². The zero-order chi connectivity index (χ0) is 8.43. The fraction of sp³-hybridized carbons (Fsp3) is 0.778. The van der Waals surface area contributed by atoms with Crippen LogP contribution in [-0.2, 0) is 0 Å². The SMILES string of the molecule is C=C[C@@H]1CN(C)[C@@H](C)CN1C. The molecule has 64 valence electrons. The maximum atomic E-state index is 3.83. The van der Waals surface area contributed by atoms with Gasteiger partial charge in [-0.25, -0.2) is 0 Å². The Kier molecular flexibility index (Phi) is 2.68. The maximum absolute atomic E-state index is 3.83. The van der Waals surface area contributed by atoms with Crippen molar-refractivity contribution >= 4 is 0 Å². The van der Waals surface area contributed by atoms with E-state index in [9.17, 15) is 0 Å². The summed E-state index contributed by atoms with van der Waals surface area (Å²) in [5, 5.41) is 0. The van der Waals surface area contributed by atoms with Gasteiger partial charge in [-0.2, -0.15) is 0 Å². The minimum absolute atomic E-state index is 0.538. The van der Waals surface area contributed by atoms with Gasteiger partial charge in [0.2, 0.25) is 0 Å². The third-order valence-electron chi connectivity index (χ3n) is 2.62. The second kappa shape index (κ2) is 3.37. The van der Waals surface area contributed by atoms with Gasteiger partial charge in [-0.05, 0) is 21.0 Å². The predicted molar refractivity (Wildman–Crippen MR) is 48.7 cm³/mol. The van der Waals surface area contributed by atoms with Crippen molar-refractivity contribution in [2.24, 2.45) is 0 Å². The topological polar surface area (TPSA) is 6.48 Å². The molecule has 2 atom stereocenters. The summed E-state index contributed by atoms with van der Waals surface area (Å²) in [7, 11) is 4.34. The van der Waals surface area contributed by atoms with Crippen molar-refractivity contribution in [1.29, 1.82) is 0 Å². The first-order chi connectivity index (χ1) is 5.15. The standard InChI is InChI=1S/C9H18N2/c1-5-9-7-10(3)8(2)6-11(9)4/h5,8-9H,1,6-7H2,2-4H3/t8-,9+/m0/s1. The molecule has 0 bridgehead atoms. The lowest BCUT2D eigenvalue weighted by molar-refractivity contribution is 0.0931. The smallest absolute Gasteiger partial charge is 0.0400 e. The zero-order valence-corrected chi connectivity index (χ0v) is 7.75. The van der Waals surface area contributed by atoms with Gasteiger partial charge in [0.05, 0.1) is 0 Å². The first-order valence-corrected chi connectivity index (χ1v) is 4.18. The second-order valence-electron chi connectivity index (χ2n) is 3.53. The minimum Gasteiger partial charge on any atom is -0.301 e. The van der Waals surface area contributed by atoms with Crippen molar-refractivity contribution in [2.75, 3.05) is 27.2 Å². The van der Waals surface area contributed by atoms with Crippen LogP contribution in [0.25, 0.3) is 0 Å². The molecule has 1 rings (SSSR count). The summed E-state index contributed by atoms with van der Waals surface area (Å²) in [5.41, 5.74) is 0. The summed E-state index contributed by atoms with van der Waals surface area (Å²) in [6.45, 7) is 8.34. The number of likely N-dealkylation sites (N-methyl/N-ethyl adjacent to an activating group) is 2. The Morgan fingerprint density at radius 2 is 1.91 bits per heavy atom. The second-order valence-corrected chi connectivity index (χ2v) is 3.53. The predicted octanol–water partition coefficient (Wildman–Crippen LogP) is 0.807. The fourth-order valence-electron chi connectivity index (χ4n) is 1.56. The van der Waals surface area contributed by atoms with Crippen LogP contribution in [0, 0.1) is 0 Å². The quantitative estimate of drug-likeness (QED) is 0.516. The number of hydrogen-bond donors (Lipinski definition) is 0.